The molecule has 0 bridgehead atoms. The van der Waals surface area contributed by atoms with Crippen LogP contribution in [0.15, 0.2) is 36.4 Å². The molecule has 1 N–H and O–H groups in total. The molecule has 2 aromatic carbocycles. The first-order chi connectivity index (χ1) is 17.4. The number of sulfonamides is 1. The van der Waals surface area contributed by atoms with Crippen LogP contribution in [0.1, 0.15) is 50.2 Å². The molecule has 0 saturated heterocycles. The second kappa shape index (κ2) is 12.7. The summed E-state index contributed by atoms with van der Waals surface area (Å²) in [5.74, 6) is -0.807. The quantitative estimate of drug-likeness (QED) is 0.392. The summed E-state index contributed by atoms with van der Waals surface area (Å²) in [5, 5.41) is 4.24. The number of carbonyl (C=O) groups is 2. The Morgan fingerprint density at radius 3 is 2.30 bits per heavy atom. The Hall–Kier alpha value is -2.00. The molecule has 0 aromatic heterocycles. The van der Waals surface area contributed by atoms with Gasteiger partial charge in [0.05, 0.1) is 11.9 Å². The Morgan fingerprint density at radius 2 is 1.73 bits per heavy atom. The highest BCUT2D eigenvalue weighted by molar-refractivity contribution is 7.92. The Balaban J connectivity index is 1.96. The van der Waals surface area contributed by atoms with Gasteiger partial charge in [-0.05, 0) is 61.6 Å². The lowest BCUT2D eigenvalue weighted by molar-refractivity contribution is -0.140. The monoisotopic (exact) mass is 587 g/mol. The van der Waals surface area contributed by atoms with Gasteiger partial charge in [0.25, 0.3) is 0 Å². The molecule has 3 rings (SSSR count). The average Bonchev–Trinajstić information content (AvgIpc) is 3.32. The molecular formula is C26H32Cl3N3O4S. The van der Waals surface area contributed by atoms with Gasteiger partial charge in [-0.25, -0.2) is 8.42 Å². The number of benzene rings is 2. The lowest BCUT2D eigenvalue weighted by Crippen LogP contribution is -2.53. The highest BCUT2D eigenvalue weighted by atomic mass is 35.5. The lowest BCUT2D eigenvalue weighted by atomic mass is 10.1. The van der Waals surface area contributed by atoms with E-state index >= 15 is 0 Å². The number of aryl methyl sites for hydroxylation is 1. The predicted octanol–water partition coefficient (Wildman–Crippen LogP) is 5.59. The smallest absolute Gasteiger partial charge is 0.244 e. The van der Waals surface area contributed by atoms with Crippen molar-refractivity contribution in [3.05, 3.63) is 62.6 Å². The average molecular weight is 589 g/mol. The van der Waals surface area contributed by atoms with Gasteiger partial charge in [0.2, 0.25) is 21.8 Å². The topological polar surface area (TPSA) is 86.8 Å². The maximum absolute atomic E-state index is 13.8. The maximum Gasteiger partial charge on any atom is 0.244 e. The van der Waals surface area contributed by atoms with Crippen LogP contribution in [0.3, 0.4) is 0 Å². The Kier molecular flexibility index (Phi) is 10.1. The van der Waals surface area contributed by atoms with E-state index in [0.717, 1.165) is 41.8 Å². The van der Waals surface area contributed by atoms with E-state index < -0.39 is 28.5 Å². The summed E-state index contributed by atoms with van der Waals surface area (Å²) in [6.45, 7) is 3.12. The van der Waals surface area contributed by atoms with Gasteiger partial charge >= 0.3 is 0 Å². The SMILES string of the molecule is CCC(C(=O)NC1CCCC1)N(Cc1ccc(Cl)cc1Cl)C(=O)CN(c1ccc(C)c(Cl)c1)S(C)(=O)=O. The van der Waals surface area contributed by atoms with Crippen molar-refractivity contribution in [3.63, 3.8) is 0 Å². The number of rotatable bonds is 10. The first-order valence-electron chi connectivity index (χ1n) is 12.2. The van der Waals surface area contributed by atoms with Crippen molar-refractivity contribution in [1.82, 2.24) is 10.2 Å². The maximum atomic E-state index is 13.8. The number of carbonyl (C=O) groups excluding carboxylic acids is 2. The molecular weight excluding hydrogens is 557 g/mol. The summed E-state index contributed by atoms with van der Waals surface area (Å²) < 4.78 is 26.5. The molecule has 1 fully saturated rings. The third kappa shape index (κ3) is 7.76. The van der Waals surface area contributed by atoms with Crippen molar-refractivity contribution in [1.29, 1.82) is 0 Å². The number of hydrogen-bond donors (Lipinski definition) is 1. The zero-order valence-corrected chi connectivity index (χ0v) is 24.2. The van der Waals surface area contributed by atoms with Crippen molar-refractivity contribution in [2.75, 3.05) is 17.1 Å². The number of anilines is 1. The standard InChI is InChI=1S/C26H32Cl3N3O4S/c1-4-24(26(34)30-20-7-5-6-8-20)31(15-18-10-11-19(27)13-23(18)29)25(33)16-32(37(3,35)36)21-12-9-17(2)22(28)14-21/h9-14,20,24H,4-8,15-16H2,1-3H3,(H,30,34). The molecule has 202 valence electrons. The van der Waals surface area contributed by atoms with E-state index in [1.54, 1.807) is 37.3 Å². The molecule has 1 unspecified atom stereocenters. The van der Waals surface area contributed by atoms with Crippen molar-refractivity contribution >= 4 is 62.3 Å². The molecule has 1 saturated carbocycles. The van der Waals surface area contributed by atoms with Crippen LogP contribution in [-0.4, -0.2) is 50.0 Å². The summed E-state index contributed by atoms with van der Waals surface area (Å²) in [6, 6.07) is 8.97. The molecule has 7 nitrogen and oxygen atoms in total. The molecule has 37 heavy (non-hydrogen) atoms. The highest BCUT2D eigenvalue weighted by Crippen LogP contribution is 2.27. The van der Waals surface area contributed by atoms with Gasteiger partial charge in [0.15, 0.2) is 0 Å². The van der Waals surface area contributed by atoms with E-state index in [2.05, 4.69) is 5.32 Å². The van der Waals surface area contributed by atoms with E-state index in [0.29, 0.717) is 27.1 Å². The van der Waals surface area contributed by atoms with Gasteiger partial charge < -0.3 is 10.2 Å². The molecule has 0 spiro atoms. The highest BCUT2D eigenvalue weighted by Gasteiger charge is 2.33. The molecule has 2 aromatic rings. The third-order valence-corrected chi connectivity index (χ3v) is 8.70. The Labute approximate surface area is 234 Å². The van der Waals surface area contributed by atoms with Gasteiger partial charge in [-0.3, -0.25) is 13.9 Å². The second-order valence-electron chi connectivity index (χ2n) is 9.37. The Bertz CT molecular complexity index is 1250. The first kappa shape index (κ1) is 29.6. The van der Waals surface area contributed by atoms with Crippen LogP contribution in [0.5, 0.6) is 0 Å². The number of hydrogen-bond acceptors (Lipinski definition) is 4. The molecule has 0 heterocycles. The zero-order valence-electron chi connectivity index (χ0n) is 21.1. The van der Waals surface area contributed by atoms with E-state index in [1.165, 1.54) is 11.0 Å². The van der Waals surface area contributed by atoms with Crippen LogP contribution < -0.4 is 9.62 Å². The van der Waals surface area contributed by atoms with Gasteiger partial charge in [-0.15, -0.1) is 0 Å². The Morgan fingerprint density at radius 1 is 1.05 bits per heavy atom. The van der Waals surface area contributed by atoms with Gasteiger partial charge in [0.1, 0.15) is 12.6 Å². The largest absolute Gasteiger partial charge is 0.352 e. The van der Waals surface area contributed by atoms with Crippen LogP contribution in [0.2, 0.25) is 15.1 Å². The molecule has 1 aliphatic rings. The lowest BCUT2D eigenvalue weighted by Gasteiger charge is -2.33. The summed E-state index contributed by atoms with van der Waals surface area (Å²) in [6.07, 6.45) is 5.26. The summed E-state index contributed by atoms with van der Waals surface area (Å²) in [5.41, 5.74) is 1.63. The van der Waals surface area contributed by atoms with E-state index in [1.807, 2.05) is 6.92 Å². The minimum Gasteiger partial charge on any atom is -0.352 e. The summed E-state index contributed by atoms with van der Waals surface area (Å²) >= 11 is 18.7. The number of halogens is 3. The minimum absolute atomic E-state index is 0.0116. The summed E-state index contributed by atoms with van der Waals surface area (Å²) in [7, 11) is -3.85. The van der Waals surface area contributed by atoms with Crippen molar-refractivity contribution < 1.29 is 18.0 Å². The van der Waals surface area contributed by atoms with Gasteiger partial charge in [-0.1, -0.05) is 66.7 Å². The fourth-order valence-corrected chi connectivity index (χ4v) is 5.96. The van der Waals surface area contributed by atoms with E-state index in [9.17, 15) is 18.0 Å². The van der Waals surface area contributed by atoms with Crippen LogP contribution in [0, 0.1) is 6.92 Å². The van der Waals surface area contributed by atoms with E-state index in [4.69, 9.17) is 34.8 Å². The van der Waals surface area contributed by atoms with Gasteiger partial charge in [-0.2, -0.15) is 0 Å². The van der Waals surface area contributed by atoms with Crippen molar-refractivity contribution in [2.45, 2.75) is 64.6 Å². The number of nitrogens with one attached hydrogen (secondary N) is 1. The molecule has 1 aliphatic carbocycles. The predicted molar refractivity (Wildman–Crippen MR) is 150 cm³/mol. The van der Waals surface area contributed by atoms with Crippen LogP contribution in [0.4, 0.5) is 5.69 Å². The zero-order chi connectivity index (χ0) is 27.3. The third-order valence-electron chi connectivity index (χ3n) is 6.57. The number of amides is 2. The van der Waals surface area contributed by atoms with Crippen LogP contribution in [0.25, 0.3) is 0 Å². The minimum atomic E-state index is -3.85. The van der Waals surface area contributed by atoms with Crippen LogP contribution in [-0.2, 0) is 26.2 Å². The van der Waals surface area contributed by atoms with E-state index in [-0.39, 0.29) is 24.2 Å². The normalized spacial score (nSPS) is 14.9. The fourth-order valence-electron chi connectivity index (χ4n) is 4.47. The molecule has 1 atom stereocenters. The number of nitrogens with zero attached hydrogens (tertiary/aromatic N) is 2. The van der Waals surface area contributed by atoms with Crippen molar-refractivity contribution in [3.8, 4) is 0 Å². The van der Waals surface area contributed by atoms with Crippen molar-refractivity contribution in [2.24, 2.45) is 0 Å². The molecule has 0 radical (unpaired) electrons. The first-order valence-corrected chi connectivity index (χ1v) is 15.2. The molecule has 2 amide bonds. The second-order valence-corrected chi connectivity index (χ2v) is 12.5. The van der Waals surface area contributed by atoms with Crippen LogP contribution >= 0.6 is 34.8 Å². The van der Waals surface area contributed by atoms with Gasteiger partial charge in [0, 0.05) is 27.7 Å². The molecule has 11 heteroatoms. The molecule has 0 aliphatic heterocycles. The summed E-state index contributed by atoms with van der Waals surface area (Å²) in [4.78, 5) is 28.5. The fraction of sp³-hybridized carbons (Fsp3) is 0.462.